The number of thiophene rings is 1. The minimum atomic E-state index is -0.379. The lowest BCUT2D eigenvalue weighted by Crippen LogP contribution is -2.47. The van der Waals surface area contributed by atoms with Crippen molar-refractivity contribution in [1.29, 1.82) is 0 Å². The molecule has 0 fully saturated rings. The van der Waals surface area contributed by atoms with Gasteiger partial charge in [-0.25, -0.2) is 4.39 Å². The molecule has 1 atom stereocenters. The molecule has 2 aromatic carbocycles. The Morgan fingerprint density at radius 1 is 1.17 bits per heavy atom. The Labute approximate surface area is 206 Å². The van der Waals surface area contributed by atoms with Crippen LogP contribution in [0, 0.1) is 5.82 Å². The van der Waals surface area contributed by atoms with Crippen molar-refractivity contribution in [1.82, 2.24) is 9.80 Å². The summed E-state index contributed by atoms with van der Waals surface area (Å²) in [6, 6.07) is 12.7. The van der Waals surface area contributed by atoms with Gasteiger partial charge in [0.1, 0.15) is 24.7 Å². The second-order valence-corrected chi connectivity index (χ2v) is 9.31. The minimum Gasteiger partial charge on any atom is -0.491 e. The highest BCUT2D eigenvalue weighted by Gasteiger charge is 2.33. The molecule has 35 heavy (non-hydrogen) atoms. The minimum absolute atomic E-state index is 0.0558. The molecule has 0 saturated carbocycles. The summed E-state index contributed by atoms with van der Waals surface area (Å²) in [5.41, 5.74) is 1.48. The third-order valence-electron chi connectivity index (χ3n) is 6.23. The summed E-state index contributed by atoms with van der Waals surface area (Å²) < 4.78 is 30.2. The lowest BCUT2D eigenvalue weighted by atomic mass is 10.0. The first-order valence-corrected chi connectivity index (χ1v) is 12.3. The lowest BCUT2D eigenvalue weighted by Gasteiger charge is -2.37. The van der Waals surface area contributed by atoms with E-state index in [4.69, 9.17) is 14.2 Å². The van der Waals surface area contributed by atoms with Gasteiger partial charge < -0.3 is 24.0 Å². The summed E-state index contributed by atoms with van der Waals surface area (Å²) >= 11 is 1.66. The van der Waals surface area contributed by atoms with Crippen molar-refractivity contribution in [3.8, 4) is 17.2 Å². The van der Waals surface area contributed by atoms with Crippen LogP contribution in [0.15, 0.2) is 53.9 Å². The van der Waals surface area contributed by atoms with Crippen molar-refractivity contribution in [2.75, 3.05) is 33.0 Å². The van der Waals surface area contributed by atoms with Gasteiger partial charge in [-0.3, -0.25) is 9.59 Å². The van der Waals surface area contributed by atoms with Crippen LogP contribution in [0.2, 0.25) is 0 Å². The molecule has 0 unspecified atom stereocenters. The highest BCUT2D eigenvalue weighted by molar-refractivity contribution is 7.10. The fourth-order valence-electron chi connectivity index (χ4n) is 4.40. The first kappa shape index (κ1) is 23.2. The molecule has 2 amide bonds. The smallest absolute Gasteiger partial charge is 0.254 e. The van der Waals surface area contributed by atoms with Crippen LogP contribution in [0.5, 0.6) is 17.2 Å². The van der Waals surface area contributed by atoms with Crippen LogP contribution in [0.4, 0.5) is 4.39 Å². The SMILES string of the molecule is CCN(CC(=O)N1CCc2sccc2[C@H]1COc1cccc(F)c1)C(=O)c1ccc2c(c1)OCO2. The Balaban J connectivity index is 1.32. The van der Waals surface area contributed by atoms with Gasteiger partial charge in [-0.1, -0.05) is 6.07 Å². The Hall–Kier alpha value is -3.59. The summed E-state index contributed by atoms with van der Waals surface area (Å²) in [5.74, 6) is 0.741. The van der Waals surface area contributed by atoms with E-state index < -0.39 is 0 Å². The van der Waals surface area contributed by atoms with E-state index in [-0.39, 0.29) is 43.6 Å². The molecule has 2 aliphatic rings. The number of halogens is 1. The number of hydrogen-bond acceptors (Lipinski definition) is 6. The molecule has 1 aromatic heterocycles. The maximum atomic E-state index is 13.6. The summed E-state index contributed by atoms with van der Waals surface area (Å²) in [6.45, 7) is 3.01. The van der Waals surface area contributed by atoms with Crippen molar-refractivity contribution < 1.29 is 28.2 Å². The number of carbonyl (C=O) groups is 2. The fraction of sp³-hybridized carbons (Fsp3) is 0.308. The molecule has 9 heteroatoms. The molecule has 0 spiro atoms. The average molecular weight is 497 g/mol. The van der Waals surface area contributed by atoms with E-state index in [1.165, 1.54) is 21.9 Å². The fourth-order valence-corrected chi connectivity index (χ4v) is 5.33. The van der Waals surface area contributed by atoms with E-state index in [1.807, 2.05) is 18.4 Å². The van der Waals surface area contributed by atoms with Gasteiger partial charge in [-0.05, 0) is 60.7 Å². The van der Waals surface area contributed by atoms with Gasteiger partial charge in [0.05, 0.1) is 6.04 Å². The van der Waals surface area contributed by atoms with Gasteiger partial charge in [-0.2, -0.15) is 0 Å². The van der Waals surface area contributed by atoms with Crippen LogP contribution < -0.4 is 14.2 Å². The van der Waals surface area contributed by atoms with Crippen LogP contribution >= 0.6 is 11.3 Å². The third-order valence-corrected chi connectivity index (χ3v) is 7.23. The molecule has 182 valence electrons. The molecule has 0 saturated heterocycles. The van der Waals surface area contributed by atoms with Gasteiger partial charge in [0, 0.05) is 29.6 Å². The zero-order chi connectivity index (χ0) is 24.4. The largest absolute Gasteiger partial charge is 0.491 e. The van der Waals surface area contributed by atoms with Crippen molar-refractivity contribution in [2.45, 2.75) is 19.4 Å². The van der Waals surface area contributed by atoms with E-state index in [9.17, 15) is 14.0 Å². The molecule has 0 aliphatic carbocycles. The quantitative estimate of drug-likeness (QED) is 0.488. The van der Waals surface area contributed by atoms with E-state index in [1.54, 1.807) is 46.6 Å². The lowest BCUT2D eigenvalue weighted by molar-refractivity contribution is -0.135. The van der Waals surface area contributed by atoms with Crippen LogP contribution in [0.3, 0.4) is 0 Å². The summed E-state index contributed by atoms with van der Waals surface area (Å²) in [7, 11) is 0. The molecule has 3 heterocycles. The van der Waals surface area contributed by atoms with Crippen molar-refractivity contribution in [3.05, 3.63) is 75.7 Å². The second-order valence-electron chi connectivity index (χ2n) is 8.31. The Kier molecular flexibility index (Phi) is 6.59. The van der Waals surface area contributed by atoms with Gasteiger partial charge in [-0.15, -0.1) is 11.3 Å². The topological polar surface area (TPSA) is 68.3 Å². The van der Waals surface area contributed by atoms with Gasteiger partial charge >= 0.3 is 0 Å². The van der Waals surface area contributed by atoms with E-state index in [2.05, 4.69) is 0 Å². The zero-order valence-electron chi connectivity index (χ0n) is 19.2. The summed E-state index contributed by atoms with van der Waals surface area (Å²) in [4.78, 5) is 31.2. The molecule has 3 aromatic rings. The van der Waals surface area contributed by atoms with E-state index >= 15 is 0 Å². The molecule has 0 bridgehead atoms. The number of rotatable bonds is 7. The molecular weight excluding hydrogens is 471 g/mol. The maximum Gasteiger partial charge on any atom is 0.254 e. The molecule has 0 radical (unpaired) electrons. The molecule has 2 aliphatic heterocycles. The van der Waals surface area contributed by atoms with Crippen LogP contribution in [0.25, 0.3) is 0 Å². The predicted molar refractivity (Wildman–Crippen MR) is 129 cm³/mol. The number of ether oxygens (including phenoxy) is 3. The normalized spacial score (nSPS) is 16.1. The number of amides is 2. The van der Waals surface area contributed by atoms with Gasteiger partial charge in [0.25, 0.3) is 5.91 Å². The number of likely N-dealkylation sites (N-methyl/N-ethyl adjacent to an activating group) is 1. The molecule has 7 nitrogen and oxygen atoms in total. The number of fused-ring (bicyclic) bond motifs is 2. The first-order valence-electron chi connectivity index (χ1n) is 11.5. The van der Waals surface area contributed by atoms with Crippen LogP contribution in [0.1, 0.15) is 33.8 Å². The standard InChI is InChI=1S/C26H25FN2O5S/c1-2-28(26(31)17-6-7-22-23(12-17)34-16-33-22)14-25(30)29-10-8-24-20(9-11-35-24)21(29)15-32-19-5-3-4-18(27)13-19/h3-7,9,11-13,21H,2,8,10,14-16H2,1H3/t21-/m1/s1. The van der Waals surface area contributed by atoms with Gasteiger partial charge in [0.2, 0.25) is 12.7 Å². The third kappa shape index (κ3) is 4.81. The number of benzene rings is 2. The predicted octanol–water partition coefficient (Wildman–Crippen LogP) is 4.28. The average Bonchev–Trinajstić information content (AvgIpc) is 3.54. The Bertz CT molecular complexity index is 1250. The van der Waals surface area contributed by atoms with Crippen LogP contribution in [-0.4, -0.2) is 54.6 Å². The second kappa shape index (κ2) is 9.95. The highest BCUT2D eigenvalue weighted by atomic mass is 32.1. The van der Waals surface area contributed by atoms with E-state index in [0.717, 1.165) is 12.0 Å². The van der Waals surface area contributed by atoms with Gasteiger partial charge in [0.15, 0.2) is 11.5 Å². The maximum absolute atomic E-state index is 13.6. The molecule has 5 rings (SSSR count). The number of carbonyl (C=O) groups excluding carboxylic acids is 2. The zero-order valence-corrected chi connectivity index (χ0v) is 20.1. The molecular formula is C26H25FN2O5S. The van der Waals surface area contributed by atoms with Crippen molar-refractivity contribution in [3.63, 3.8) is 0 Å². The summed E-state index contributed by atoms with van der Waals surface area (Å²) in [5, 5.41) is 2.01. The Morgan fingerprint density at radius 2 is 2.03 bits per heavy atom. The Morgan fingerprint density at radius 3 is 2.86 bits per heavy atom. The highest BCUT2D eigenvalue weighted by Crippen LogP contribution is 2.35. The number of nitrogens with zero attached hydrogens (tertiary/aromatic N) is 2. The monoisotopic (exact) mass is 496 g/mol. The van der Waals surface area contributed by atoms with Crippen LogP contribution in [-0.2, 0) is 11.2 Å². The first-order chi connectivity index (χ1) is 17.0. The van der Waals surface area contributed by atoms with E-state index in [0.29, 0.717) is 35.9 Å². The molecule has 0 N–H and O–H groups in total. The van der Waals surface area contributed by atoms with Crippen molar-refractivity contribution in [2.24, 2.45) is 0 Å². The number of hydrogen-bond donors (Lipinski definition) is 0. The van der Waals surface area contributed by atoms with Crippen molar-refractivity contribution >= 4 is 23.2 Å². The summed E-state index contributed by atoms with van der Waals surface area (Å²) in [6.07, 6.45) is 0.747.